The summed E-state index contributed by atoms with van der Waals surface area (Å²) in [7, 11) is 0. The van der Waals surface area contributed by atoms with E-state index in [-0.39, 0.29) is 0 Å². The molecule has 130 valence electrons. The van der Waals surface area contributed by atoms with Crippen LogP contribution in [0.25, 0.3) is 10.9 Å². The maximum Gasteiger partial charge on any atom is 0.352 e. The fourth-order valence-electron chi connectivity index (χ4n) is 3.40. The first kappa shape index (κ1) is 17.2. The van der Waals surface area contributed by atoms with Crippen LogP contribution in [0.15, 0.2) is 54.6 Å². The van der Waals surface area contributed by atoms with Crippen molar-refractivity contribution in [2.75, 3.05) is 6.54 Å². The van der Waals surface area contributed by atoms with Crippen molar-refractivity contribution in [2.45, 2.75) is 32.9 Å². The zero-order valence-electron chi connectivity index (χ0n) is 14.5. The van der Waals surface area contributed by atoms with Gasteiger partial charge in [-0.3, -0.25) is 0 Å². The highest BCUT2D eigenvalue weighted by atomic mass is 16.4. The summed E-state index contributed by atoms with van der Waals surface area (Å²) >= 11 is 0. The molecule has 1 heterocycles. The molecule has 0 spiro atoms. The van der Waals surface area contributed by atoms with Gasteiger partial charge in [-0.25, -0.2) is 4.79 Å². The van der Waals surface area contributed by atoms with Crippen LogP contribution in [0.1, 0.15) is 35.0 Å². The molecule has 0 bridgehead atoms. The molecule has 0 atom stereocenters. The van der Waals surface area contributed by atoms with Gasteiger partial charge in [-0.2, -0.15) is 0 Å². The van der Waals surface area contributed by atoms with E-state index < -0.39 is 5.97 Å². The summed E-state index contributed by atoms with van der Waals surface area (Å²) in [5, 5.41) is 14.1. The van der Waals surface area contributed by atoms with Crippen molar-refractivity contribution in [3.63, 3.8) is 0 Å². The average Bonchev–Trinajstić information content (AvgIpc) is 2.96. The number of carbonyl (C=O) groups is 1. The van der Waals surface area contributed by atoms with E-state index in [2.05, 4.69) is 29.6 Å². The third-order valence-corrected chi connectivity index (χ3v) is 4.56. The number of rotatable bonds is 8. The number of hydrogen-bond donors (Lipinski definition) is 2. The molecule has 0 aliphatic heterocycles. The Balaban J connectivity index is 1.70. The Morgan fingerprint density at radius 1 is 1.08 bits per heavy atom. The van der Waals surface area contributed by atoms with Crippen molar-refractivity contribution in [1.82, 2.24) is 9.88 Å². The van der Waals surface area contributed by atoms with Crippen molar-refractivity contribution in [3.8, 4) is 0 Å². The molecule has 25 heavy (non-hydrogen) atoms. The van der Waals surface area contributed by atoms with Crippen molar-refractivity contribution in [1.29, 1.82) is 0 Å². The van der Waals surface area contributed by atoms with Crippen molar-refractivity contribution < 1.29 is 9.90 Å². The zero-order valence-corrected chi connectivity index (χ0v) is 14.5. The number of fused-ring (bicyclic) bond motifs is 1. The summed E-state index contributed by atoms with van der Waals surface area (Å²) < 4.78 is 1.89. The second-order valence-electron chi connectivity index (χ2n) is 6.16. The van der Waals surface area contributed by atoms with E-state index in [9.17, 15) is 9.90 Å². The third-order valence-electron chi connectivity index (χ3n) is 4.56. The largest absolute Gasteiger partial charge is 0.477 e. The van der Waals surface area contributed by atoms with Gasteiger partial charge in [-0.05, 0) is 37.9 Å². The predicted octanol–water partition coefficient (Wildman–Crippen LogP) is 4.08. The minimum Gasteiger partial charge on any atom is -0.477 e. The predicted molar refractivity (Wildman–Crippen MR) is 101 cm³/mol. The van der Waals surface area contributed by atoms with E-state index in [4.69, 9.17) is 0 Å². The minimum absolute atomic E-state index is 0.402. The zero-order chi connectivity index (χ0) is 17.6. The number of aryl methyl sites for hydroxylation is 2. The molecule has 1 aromatic heterocycles. The highest BCUT2D eigenvalue weighted by Crippen LogP contribution is 2.26. The maximum absolute atomic E-state index is 11.8. The normalized spacial score (nSPS) is 11.1. The van der Waals surface area contributed by atoms with Gasteiger partial charge in [0.2, 0.25) is 0 Å². The van der Waals surface area contributed by atoms with Crippen molar-refractivity contribution in [2.24, 2.45) is 0 Å². The SMILES string of the molecule is CCn1c(C(=O)O)c(CNCCCc2ccccc2)c2ccccc21. The Hall–Kier alpha value is -2.59. The van der Waals surface area contributed by atoms with Crippen LogP contribution in [-0.2, 0) is 19.5 Å². The van der Waals surface area contributed by atoms with Crippen molar-refractivity contribution in [3.05, 3.63) is 71.4 Å². The second kappa shape index (κ2) is 7.99. The smallest absolute Gasteiger partial charge is 0.352 e. The van der Waals surface area contributed by atoms with Gasteiger partial charge in [-0.1, -0.05) is 48.5 Å². The van der Waals surface area contributed by atoms with Gasteiger partial charge in [-0.15, -0.1) is 0 Å². The van der Waals surface area contributed by atoms with E-state index in [1.54, 1.807) is 0 Å². The van der Waals surface area contributed by atoms with Crippen LogP contribution in [-0.4, -0.2) is 22.2 Å². The lowest BCUT2D eigenvalue weighted by Gasteiger charge is -2.07. The number of nitrogens with one attached hydrogen (secondary N) is 1. The van der Waals surface area contributed by atoms with Gasteiger partial charge >= 0.3 is 5.97 Å². The number of carboxylic acids is 1. The fourth-order valence-corrected chi connectivity index (χ4v) is 3.40. The summed E-state index contributed by atoms with van der Waals surface area (Å²) in [6.07, 6.45) is 2.05. The molecule has 0 radical (unpaired) electrons. The Morgan fingerprint density at radius 3 is 2.52 bits per heavy atom. The topological polar surface area (TPSA) is 54.3 Å². The minimum atomic E-state index is -0.862. The lowest BCUT2D eigenvalue weighted by molar-refractivity contribution is 0.0684. The Labute approximate surface area is 148 Å². The highest BCUT2D eigenvalue weighted by Gasteiger charge is 2.20. The molecule has 4 heteroatoms. The molecule has 0 aliphatic carbocycles. The third kappa shape index (κ3) is 3.74. The molecule has 2 aromatic carbocycles. The van der Waals surface area contributed by atoms with Gasteiger partial charge in [0, 0.05) is 29.6 Å². The molecule has 2 N–H and O–H groups in total. The second-order valence-corrected chi connectivity index (χ2v) is 6.16. The van der Waals surface area contributed by atoms with Crippen LogP contribution < -0.4 is 5.32 Å². The molecule has 4 nitrogen and oxygen atoms in total. The number of para-hydroxylation sites is 1. The summed E-state index contributed by atoms with van der Waals surface area (Å²) in [4.78, 5) is 11.8. The lowest BCUT2D eigenvalue weighted by Crippen LogP contribution is -2.18. The number of aromatic nitrogens is 1. The number of aromatic carboxylic acids is 1. The van der Waals surface area contributed by atoms with Gasteiger partial charge in [0.15, 0.2) is 0 Å². The molecule has 0 saturated carbocycles. The molecular weight excluding hydrogens is 312 g/mol. The summed E-state index contributed by atoms with van der Waals surface area (Å²) in [6, 6.07) is 18.3. The Bertz CT molecular complexity index is 853. The van der Waals surface area contributed by atoms with Gasteiger partial charge in [0.05, 0.1) is 0 Å². The monoisotopic (exact) mass is 336 g/mol. The molecular formula is C21H24N2O2. The molecule has 0 saturated heterocycles. The Morgan fingerprint density at radius 2 is 1.80 bits per heavy atom. The lowest BCUT2D eigenvalue weighted by atomic mass is 10.1. The molecule has 0 unspecified atom stereocenters. The quantitative estimate of drug-likeness (QED) is 0.609. The number of hydrogen-bond acceptors (Lipinski definition) is 2. The van der Waals surface area contributed by atoms with E-state index in [0.29, 0.717) is 18.8 Å². The van der Waals surface area contributed by atoms with E-state index in [1.165, 1.54) is 5.56 Å². The van der Waals surface area contributed by atoms with E-state index in [1.807, 2.05) is 41.8 Å². The fraction of sp³-hybridized carbons (Fsp3) is 0.286. The molecule has 0 fully saturated rings. The van der Waals surface area contributed by atoms with E-state index in [0.717, 1.165) is 35.9 Å². The first-order chi connectivity index (χ1) is 12.2. The number of nitrogens with zero attached hydrogens (tertiary/aromatic N) is 1. The summed E-state index contributed by atoms with van der Waals surface area (Å²) in [6.45, 7) is 4.07. The molecule has 3 rings (SSSR count). The Kier molecular flexibility index (Phi) is 5.51. The van der Waals surface area contributed by atoms with Crippen molar-refractivity contribution >= 4 is 16.9 Å². The summed E-state index contributed by atoms with van der Waals surface area (Å²) in [5.74, 6) is -0.862. The van der Waals surface area contributed by atoms with E-state index >= 15 is 0 Å². The van der Waals surface area contributed by atoms with Gasteiger partial charge < -0.3 is 15.0 Å². The van der Waals surface area contributed by atoms with Crippen LogP contribution >= 0.6 is 0 Å². The number of carboxylic acid groups (broad SMARTS) is 1. The molecule has 3 aromatic rings. The van der Waals surface area contributed by atoms with Gasteiger partial charge in [0.1, 0.15) is 5.69 Å². The first-order valence-corrected chi connectivity index (χ1v) is 8.80. The van der Waals surface area contributed by atoms with Crippen LogP contribution in [0.5, 0.6) is 0 Å². The number of benzene rings is 2. The first-order valence-electron chi connectivity index (χ1n) is 8.80. The van der Waals surface area contributed by atoms with Crippen LogP contribution in [0.4, 0.5) is 0 Å². The molecule has 0 aliphatic rings. The average molecular weight is 336 g/mol. The van der Waals surface area contributed by atoms with Crippen LogP contribution in [0, 0.1) is 0 Å². The molecule has 0 amide bonds. The van der Waals surface area contributed by atoms with Crippen LogP contribution in [0.3, 0.4) is 0 Å². The standard InChI is InChI=1S/C21H24N2O2/c1-2-23-19-13-7-6-12-17(19)18(20(23)21(24)25)15-22-14-8-11-16-9-4-3-5-10-16/h3-7,9-10,12-13,22H,2,8,11,14-15H2,1H3,(H,24,25). The van der Waals surface area contributed by atoms with Gasteiger partial charge in [0.25, 0.3) is 0 Å². The highest BCUT2D eigenvalue weighted by molar-refractivity contribution is 5.98. The summed E-state index contributed by atoms with van der Waals surface area (Å²) in [5.41, 5.74) is 3.60. The van der Waals surface area contributed by atoms with Crippen LogP contribution in [0.2, 0.25) is 0 Å². The maximum atomic E-state index is 11.8.